The van der Waals surface area contributed by atoms with E-state index in [9.17, 15) is 5.11 Å². The van der Waals surface area contributed by atoms with Gasteiger partial charge in [0.15, 0.2) is 11.5 Å². The van der Waals surface area contributed by atoms with E-state index in [-0.39, 0.29) is 5.75 Å². The van der Waals surface area contributed by atoms with Crippen molar-refractivity contribution in [3.63, 3.8) is 0 Å². The Morgan fingerprint density at radius 1 is 1.42 bits per heavy atom. The Kier molecular flexibility index (Phi) is 4.66. The van der Waals surface area contributed by atoms with Crippen LogP contribution in [0.2, 0.25) is 0 Å². The summed E-state index contributed by atoms with van der Waals surface area (Å²) >= 11 is 0. The van der Waals surface area contributed by atoms with E-state index in [1.54, 1.807) is 13.2 Å². The molecule has 2 atom stereocenters. The molecule has 1 saturated heterocycles. The van der Waals surface area contributed by atoms with Crippen LogP contribution in [0, 0.1) is 5.92 Å². The van der Waals surface area contributed by atoms with Gasteiger partial charge in [0.25, 0.3) is 0 Å². The number of phenolic OH excluding ortho intramolecular Hbond substituents is 1. The molecule has 2 rings (SSSR count). The van der Waals surface area contributed by atoms with E-state index >= 15 is 0 Å². The van der Waals surface area contributed by atoms with Crippen molar-refractivity contribution >= 4 is 0 Å². The van der Waals surface area contributed by atoms with Crippen LogP contribution in [0.1, 0.15) is 25.3 Å². The van der Waals surface area contributed by atoms with E-state index in [1.165, 1.54) is 18.4 Å². The molecule has 0 saturated carbocycles. The zero-order valence-electron chi connectivity index (χ0n) is 11.8. The molecule has 1 aliphatic rings. The second-order valence-corrected chi connectivity index (χ2v) is 5.46. The number of methoxy groups -OCH3 is 1. The number of nitrogens with two attached hydrogens (primary N) is 1. The van der Waals surface area contributed by atoms with Crippen LogP contribution in [0.5, 0.6) is 11.5 Å². The van der Waals surface area contributed by atoms with E-state index in [0.717, 1.165) is 19.6 Å². The highest BCUT2D eigenvalue weighted by atomic mass is 16.5. The molecule has 3 N–H and O–H groups in total. The predicted octanol–water partition coefficient (Wildman–Crippen LogP) is 1.96. The van der Waals surface area contributed by atoms with Crippen molar-refractivity contribution in [2.24, 2.45) is 11.7 Å². The van der Waals surface area contributed by atoms with Crippen molar-refractivity contribution in [1.29, 1.82) is 0 Å². The summed E-state index contributed by atoms with van der Waals surface area (Å²) in [6.07, 6.45) is 2.43. The number of rotatable bonds is 4. The Bertz CT molecular complexity index is 423. The van der Waals surface area contributed by atoms with Gasteiger partial charge in [0.1, 0.15) is 0 Å². The van der Waals surface area contributed by atoms with Crippen LogP contribution >= 0.6 is 0 Å². The predicted molar refractivity (Wildman–Crippen MR) is 76.3 cm³/mol. The Morgan fingerprint density at radius 3 is 2.89 bits per heavy atom. The van der Waals surface area contributed by atoms with E-state index < -0.39 is 0 Å². The normalized spacial score (nSPS) is 24.4. The average molecular weight is 264 g/mol. The quantitative estimate of drug-likeness (QED) is 0.873. The molecule has 4 nitrogen and oxygen atoms in total. The van der Waals surface area contributed by atoms with Crippen LogP contribution in [0.15, 0.2) is 18.2 Å². The number of hydrogen-bond donors (Lipinski definition) is 2. The molecule has 106 valence electrons. The molecule has 0 spiro atoms. The van der Waals surface area contributed by atoms with Gasteiger partial charge in [-0.25, -0.2) is 0 Å². The number of ether oxygens (including phenoxy) is 1. The number of phenols is 1. The van der Waals surface area contributed by atoms with Crippen LogP contribution in [-0.4, -0.2) is 36.2 Å². The van der Waals surface area contributed by atoms with Crippen LogP contribution in [0.3, 0.4) is 0 Å². The first-order valence-corrected chi connectivity index (χ1v) is 6.94. The van der Waals surface area contributed by atoms with Crippen LogP contribution < -0.4 is 10.5 Å². The van der Waals surface area contributed by atoms with E-state index in [4.69, 9.17) is 10.5 Å². The summed E-state index contributed by atoms with van der Waals surface area (Å²) in [5.41, 5.74) is 6.96. The zero-order chi connectivity index (χ0) is 13.8. The lowest BCUT2D eigenvalue weighted by Gasteiger charge is -2.37. The number of hydrogen-bond acceptors (Lipinski definition) is 4. The molecule has 19 heavy (non-hydrogen) atoms. The molecule has 1 aliphatic heterocycles. The van der Waals surface area contributed by atoms with Crippen molar-refractivity contribution in [2.45, 2.75) is 32.4 Å². The second-order valence-electron chi connectivity index (χ2n) is 5.46. The smallest absolute Gasteiger partial charge is 0.160 e. The monoisotopic (exact) mass is 264 g/mol. The zero-order valence-corrected chi connectivity index (χ0v) is 11.8. The van der Waals surface area contributed by atoms with Gasteiger partial charge in [0.05, 0.1) is 7.11 Å². The minimum atomic E-state index is 0.192. The fourth-order valence-electron chi connectivity index (χ4n) is 2.73. The number of nitrogens with zero attached hydrogens (tertiary/aromatic N) is 1. The van der Waals surface area contributed by atoms with Crippen molar-refractivity contribution in [3.05, 3.63) is 23.8 Å². The highest BCUT2D eigenvalue weighted by molar-refractivity contribution is 5.41. The summed E-state index contributed by atoms with van der Waals surface area (Å²) in [5, 5.41) is 9.62. The Morgan fingerprint density at radius 2 is 2.21 bits per heavy atom. The third-order valence-corrected chi connectivity index (χ3v) is 4.07. The number of piperidine rings is 1. The summed E-state index contributed by atoms with van der Waals surface area (Å²) in [6, 6.07) is 6.15. The van der Waals surface area contributed by atoms with Crippen molar-refractivity contribution in [1.82, 2.24) is 4.90 Å². The van der Waals surface area contributed by atoms with Crippen molar-refractivity contribution < 1.29 is 9.84 Å². The summed E-state index contributed by atoms with van der Waals surface area (Å²) in [7, 11) is 1.58. The minimum Gasteiger partial charge on any atom is -0.504 e. The van der Waals surface area contributed by atoms with Gasteiger partial charge in [0.2, 0.25) is 0 Å². The molecular formula is C15H24N2O2. The maximum Gasteiger partial charge on any atom is 0.160 e. The Labute approximate surface area is 115 Å². The van der Waals surface area contributed by atoms with Crippen LogP contribution in [0.25, 0.3) is 0 Å². The Balaban J connectivity index is 2.06. The molecule has 0 bridgehead atoms. The van der Waals surface area contributed by atoms with Gasteiger partial charge < -0.3 is 15.6 Å². The summed E-state index contributed by atoms with van der Waals surface area (Å²) < 4.78 is 5.16. The Hall–Kier alpha value is -1.26. The summed E-state index contributed by atoms with van der Waals surface area (Å²) in [4.78, 5) is 2.47. The van der Waals surface area contributed by atoms with Gasteiger partial charge in [-0.2, -0.15) is 0 Å². The second kappa shape index (κ2) is 6.26. The molecule has 1 fully saturated rings. The summed E-state index contributed by atoms with van der Waals surface area (Å²) in [6.45, 7) is 4.97. The maximum atomic E-state index is 9.62. The SMILES string of the molecule is COc1cc(CN2CC(CN)CCC2C)ccc1O. The molecule has 0 aliphatic carbocycles. The molecule has 4 heteroatoms. The standard InChI is InChI=1S/C15H24N2O2/c1-11-3-4-13(8-16)10-17(11)9-12-5-6-14(18)15(7-12)19-2/h5-7,11,13,18H,3-4,8-10,16H2,1-2H3. The lowest BCUT2D eigenvalue weighted by molar-refractivity contribution is 0.113. The molecule has 0 amide bonds. The number of aromatic hydroxyl groups is 1. The largest absolute Gasteiger partial charge is 0.504 e. The van der Waals surface area contributed by atoms with E-state index in [0.29, 0.717) is 17.7 Å². The minimum absolute atomic E-state index is 0.192. The van der Waals surface area contributed by atoms with E-state index in [1.807, 2.05) is 12.1 Å². The summed E-state index contributed by atoms with van der Waals surface area (Å²) in [5.74, 6) is 1.34. The molecule has 1 aromatic carbocycles. The first-order chi connectivity index (χ1) is 9.13. The highest BCUT2D eigenvalue weighted by Crippen LogP contribution is 2.28. The number of likely N-dealkylation sites (tertiary alicyclic amines) is 1. The molecule has 0 aromatic heterocycles. The first kappa shape index (κ1) is 14.2. The topological polar surface area (TPSA) is 58.7 Å². The molecule has 1 aromatic rings. The van der Waals surface area contributed by atoms with Gasteiger partial charge in [-0.3, -0.25) is 4.90 Å². The van der Waals surface area contributed by atoms with Crippen molar-refractivity contribution in [2.75, 3.05) is 20.2 Å². The third kappa shape index (κ3) is 3.39. The third-order valence-electron chi connectivity index (χ3n) is 4.07. The average Bonchev–Trinajstić information content (AvgIpc) is 2.43. The van der Waals surface area contributed by atoms with Gasteiger partial charge >= 0.3 is 0 Å². The van der Waals surface area contributed by atoms with Crippen LogP contribution in [0.4, 0.5) is 0 Å². The lowest BCUT2D eigenvalue weighted by Crippen LogP contribution is -2.43. The molecule has 1 heterocycles. The van der Waals surface area contributed by atoms with Crippen LogP contribution in [-0.2, 0) is 6.54 Å². The fraction of sp³-hybridized carbons (Fsp3) is 0.600. The van der Waals surface area contributed by atoms with Crippen molar-refractivity contribution in [3.8, 4) is 11.5 Å². The number of benzene rings is 1. The maximum absolute atomic E-state index is 9.62. The highest BCUT2D eigenvalue weighted by Gasteiger charge is 2.24. The van der Waals surface area contributed by atoms with Gasteiger partial charge in [-0.15, -0.1) is 0 Å². The fourth-order valence-corrected chi connectivity index (χ4v) is 2.73. The molecular weight excluding hydrogens is 240 g/mol. The van der Waals surface area contributed by atoms with E-state index in [2.05, 4.69) is 11.8 Å². The molecule has 0 radical (unpaired) electrons. The van der Waals surface area contributed by atoms with Gasteiger partial charge in [-0.1, -0.05) is 6.07 Å². The first-order valence-electron chi connectivity index (χ1n) is 6.94. The lowest BCUT2D eigenvalue weighted by atomic mass is 9.93. The molecule has 2 unspecified atom stereocenters. The van der Waals surface area contributed by atoms with Gasteiger partial charge in [0, 0.05) is 19.1 Å². The van der Waals surface area contributed by atoms with Gasteiger partial charge in [-0.05, 0) is 49.9 Å².